The molecular formula is C13H23N3O2S. The van der Waals surface area contributed by atoms with E-state index in [4.69, 9.17) is 5.73 Å². The Kier molecular flexibility index (Phi) is 5.78. The van der Waals surface area contributed by atoms with Crippen LogP contribution in [0.15, 0.2) is 29.2 Å². The number of hydrogen-bond acceptors (Lipinski definition) is 4. The van der Waals surface area contributed by atoms with Crippen LogP contribution in [0.4, 0.5) is 5.69 Å². The van der Waals surface area contributed by atoms with Crippen LogP contribution < -0.4 is 10.6 Å². The van der Waals surface area contributed by atoms with Crippen molar-refractivity contribution in [3.8, 4) is 0 Å². The number of sulfonamides is 1. The summed E-state index contributed by atoms with van der Waals surface area (Å²) in [6.07, 6.45) is 0.922. The van der Waals surface area contributed by atoms with Crippen LogP contribution in [0.5, 0.6) is 0 Å². The van der Waals surface area contributed by atoms with Gasteiger partial charge in [0.05, 0.1) is 4.90 Å². The summed E-state index contributed by atoms with van der Waals surface area (Å²) in [7, 11) is -0.287. The second-order valence-corrected chi connectivity index (χ2v) is 6.66. The Hall–Kier alpha value is -1.11. The molecule has 5 nitrogen and oxygen atoms in total. The molecule has 1 aromatic carbocycles. The van der Waals surface area contributed by atoms with Crippen LogP contribution in [0.2, 0.25) is 0 Å². The molecule has 0 saturated carbocycles. The number of anilines is 1. The van der Waals surface area contributed by atoms with Crippen molar-refractivity contribution in [2.75, 3.05) is 38.6 Å². The molecule has 0 aliphatic rings. The third-order valence-corrected chi connectivity index (χ3v) is 4.82. The fraction of sp³-hybridized carbons (Fsp3) is 0.538. The van der Waals surface area contributed by atoms with Crippen LogP contribution in [0.25, 0.3) is 0 Å². The largest absolute Gasteiger partial charge is 0.372 e. The molecule has 0 radical (unpaired) electrons. The first-order chi connectivity index (χ1) is 8.93. The SMILES string of the molecule is CCN(CCCN)c1ccc(S(=O)(=O)N(C)C)cc1. The maximum Gasteiger partial charge on any atom is 0.242 e. The van der Waals surface area contributed by atoms with E-state index in [1.54, 1.807) is 12.1 Å². The molecule has 0 fully saturated rings. The Morgan fingerprint density at radius 3 is 2.16 bits per heavy atom. The quantitative estimate of drug-likeness (QED) is 0.815. The number of benzene rings is 1. The molecule has 0 bridgehead atoms. The molecular weight excluding hydrogens is 262 g/mol. The van der Waals surface area contributed by atoms with Crippen LogP contribution in [0.3, 0.4) is 0 Å². The summed E-state index contributed by atoms with van der Waals surface area (Å²) in [6.45, 7) is 4.48. The second kappa shape index (κ2) is 6.88. The van der Waals surface area contributed by atoms with Crippen molar-refractivity contribution in [1.82, 2.24) is 4.31 Å². The number of nitrogens with zero attached hydrogens (tertiary/aromatic N) is 2. The van der Waals surface area contributed by atoms with E-state index < -0.39 is 10.0 Å². The fourth-order valence-electron chi connectivity index (χ4n) is 1.79. The highest BCUT2D eigenvalue weighted by atomic mass is 32.2. The normalized spacial score (nSPS) is 11.8. The minimum Gasteiger partial charge on any atom is -0.372 e. The van der Waals surface area contributed by atoms with Gasteiger partial charge in [0.2, 0.25) is 10.0 Å². The highest BCUT2D eigenvalue weighted by Crippen LogP contribution is 2.19. The van der Waals surface area contributed by atoms with Gasteiger partial charge in [-0.25, -0.2) is 12.7 Å². The fourth-order valence-corrected chi connectivity index (χ4v) is 2.69. The molecule has 0 aromatic heterocycles. The second-order valence-electron chi connectivity index (χ2n) is 4.50. The zero-order valence-electron chi connectivity index (χ0n) is 11.8. The van der Waals surface area contributed by atoms with Gasteiger partial charge in [-0.2, -0.15) is 0 Å². The molecule has 1 rings (SSSR count). The van der Waals surface area contributed by atoms with E-state index in [1.807, 2.05) is 12.1 Å². The molecule has 0 atom stereocenters. The molecule has 2 N–H and O–H groups in total. The molecule has 0 spiro atoms. The van der Waals surface area contributed by atoms with Gasteiger partial charge in [0.25, 0.3) is 0 Å². The first-order valence-corrected chi connectivity index (χ1v) is 7.85. The van der Waals surface area contributed by atoms with Crippen molar-refractivity contribution in [1.29, 1.82) is 0 Å². The van der Waals surface area contributed by atoms with E-state index in [-0.39, 0.29) is 0 Å². The highest BCUT2D eigenvalue weighted by Gasteiger charge is 2.17. The molecule has 0 saturated heterocycles. The number of hydrogen-bond donors (Lipinski definition) is 1. The van der Waals surface area contributed by atoms with E-state index in [9.17, 15) is 8.42 Å². The predicted octanol–water partition coefficient (Wildman–Crippen LogP) is 1.11. The monoisotopic (exact) mass is 285 g/mol. The summed E-state index contributed by atoms with van der Waals surface area (Å²) >= 11 is 0. The minimum absolute atomic E-state index is 0.316. The summed E-state index contributed by atoms with van der Waals surface area (Å²) in [5, 5.41) is 0. The standard InChI is InChI=1S/C13H23N3O2S/c1-4-16(11-5-10-14)12-6-8-13(9-7-12)19(17,18)15(2)3/h6-9H,4-5,10-11,14H2,1-3H3. The van der Waals surface area contributed by atoms with Crippen molar-refractivity contribution < 1.29 is 8.42 Å². The summed E-state index contributed by atoms with van der Waals surface area (Å²) in [6, 6.07) is 6.98. The maximum absolute atomic E-state index is 12.0. The smallest absolute Gasteiger partial charge is 0.242 e. The van der Waals surface area contributed by atoms with Crippen molar-refractivity contribution in [2.24, 2.45) is 5.73 Å². The number of nitrogens with two attached hydrogens (primary N) is 1. The van der Waals surface area contributed by atoms with Crippen molar-refractivity contribution in [3.63, 3.8) is 0 Å². The lowest BCUT2D eigenvalue weighted by atomic mass is 10.2. The van der Waals surface area contributed by atoms with Crippen LogP contribution >= 0.6 is 0 Å². The van der Waals surface area contributed by atoms with E-state index in [1.165, 1.54) is 18.4 Å². The van der Waals surface area contributed by atoms with Crippen molar-refractivity contribution in [2.45, 2.75) is 18.2 Å². The minimum atomic E-state index is -3.35. The van der Waals surface area contributed by atoms with E-state index in [0.29, 0.717) is 11.4 Å². The first kappa shape index (κ1) is 15.9. The first-order valence-electron chi connectivity index (χ1n) is 6.41. The topological polar surface area (TPSA) is 66.6 Å². The van der Waals surface area contributed by atoms with Gasteiger partial charge in [-0.3, -0.25) is 0 Å². The van der Waals surface area contributed by atoms with Crippen LogP contribution in [0, 0.1) is 0 Å². The van der Waals surface area contributed by atoms with Gasteiger partial charge in [0.1, 0.15) is 0 Å². The molecule has 0 heterocycles. The molecule has 0 aliphatic carbocycles. The van der Waals surface area contributed by atoms with Gasteiger partial charge >= 0.3 is 0 Å². The lowest BCUT2D eigenvalue weighted by molar-refractivity contribution is 0.521. The molecule has 108 valence electrons. The van der Waals surface area contributed by atoms with Crippen LogP contribution in [-0.2, 0) is 10.0 Å². The summed E-state index contributed by atoms with van der Waals surface area (Å²) < 4.78 is 25.1. The Morgan fingerprint density at radius 1 is 1.16 bits per heavy atom. The van der Waals surface area contributed by atoms with Gasteiger partial charge in [0, 0.05) is 32.9 Å². The van der Waals surface area contributed by atoms with Crippen LogP contribution in [0.1, 0.15) is 13.3 Å². The third kappa shape index (κ3) is 3.92. The van der Waals surface area contributed by atoms with Gasteiger partial charge in [-0.15, -0.1) is 0 Å². The lowest BCUT2D eigenvalue weighted by Gasteiger charge is -2.23. The van der Waals surface area contributed by atoms with Crippen molar-refractivity contribution >= 4 is 15.7 Å². The summed E-state index contributed by atoms with van der Waals surface area (Å²) in [4.78, 5) is 2.50. The predicted molar refractivity (Wildman–Crippen MR) is 78.9 cm³/mol. The average molecular weight is 285 g/mol. The Labute approximate surface area is 116 Å². The maximum atomic E-state index is 12.0. The molecule has 6 heteroatoms. The van der Waals surface area contributed by atoms with Gasteiger partial charge in [-0.1, -0.05) is 0 Å². The number of rotatable bonds is 7. The lowest BCUT2D eigenvalue weighted by Crippen LogP contribution is -2.26. The molecule has 1 aromatic rings. The Balaban J connectivity index is 2.92. The molecule has 19 heavy (non-hydrogen) atoms. The van der Waals surface area contributed by atoms with Gasteiger partial charge in [0.15, 0.2) is 0 Å². The third-order valence-electron chi connectivity index (χ3n) is 2.99. The van der Waals surface area contributed by atoms with E-state index >= 15 is 0 Å². The summed E-state index contributed by atoms with van der Waals surface area (Å²) in [5.74, 6) is 0. The Morgan fingerprint density at radius 2 is 1.74 bits per heavy atom. The van der Waals surface area contributed by atoms with Crippen molar-refractivity contribution in [3.05, 3.63) is 24.3 Å². The zero-order chi connectivity index (χ0) is 14.5. The average Bonchev–Trinajstić information content (AvgIpc) is 2.40. The Bertz CT molecular complexity index is 483. The summed E-state index contributed by atoms with van der Waals surface area (Å²) in [5.41, 5.74) is 6.53. The molecule has 0 aliphatic heterocycles. The van der Waals surface area contributed by atoms with Crippen LogP contribution in [-0.4, -0.2) is 46.5 Å². The van der Waals surface area contributed by atoms with Gasteiger partial charge < -0.3 is 10.6 Å². The van der Waals surface area contributed by atoms with E-state index in [2.05, 4.69) is 11.8 Å². The zero-order valence-corrected chi connectivity index (χ0v) is 12.7. The van der Waals surface area contributed by atoms with Gasteiger partial charge in [-0.05, 0) is 44.2 Å². The van der Waals surface area contributed by atoms with E-state index in [0.717, 1.165) is 25.2 Å². The molecule has 0 amide bonds. The molecule has 0 unspecified atom stereocenters. The highest BCUT2D eigenvalue weighted by molar-refractivity contribution is 7.89.